The Balaban J connectivity index is 1.54. The fraction of sp³-hybridized carbons (Fsp3) is 0.455. The molecule has 0 radical (unpaired) electrons. The SMILES string of the molecule is C[C@]12CCCC3(OC(c4ccccc4)C(c4ccccc4)O3)[C@H]1C2. The van der Waals surface area contributed by atoms with Gasteiger partial charge >= 0.3 is 0 Å². The second-order valence-electron chi connectivity index (χ2n) is 7.97. The lowest BCUT2D eigenvalue weighted by molar-refractivity contribution is -0.212. The maximum absolute atomic E-state index is 6.74. The standard InChI is InChI=1S/C22H24O2/c1-21-13-8-14-22(18(21)15-21)23-19(16-9-4-2-5-10-16)20(24-22)17-11-6-3-7-12-17/h2-7,9-12,18-20H,8,13-15H2,1H3/t18-,19?,20?,21+,22?/m0/s1. The molecule has 2 aliphatic carbocycles. The monoisotopic (exact) mass is 320 g/mol. The molecule has 5 rings (SSSR count). The smallest absolute Gasteiger partial charge is 0.173 e. The van der Waals surface area contributed by atoms with Crippen molar-refractivity contribution in [2.24, 2.45) is 11.3 Å². The molecule has 1 saturated heterocycles. The van der Waals surface area contributed by atoms with Gasteiger partial charge in [0.1, 0.15) is 12.2 Å². The third-order valence-corrected chi connectivity index (χ3v) is 6.34. The maximum atomic E-state index is 6.74. The molecule has 0 N–H and O–H groups in total. The zero-order valence-electron chi connectivity index (χ0n) is 14.2. The second kappa shape index (κ2) is 5.18. The van der Waals surface area contributed by atoms with Crippen molar-refractivity contribution in [1.82, 2.24) is 0 Å². The minimum absolute atomic E-state index is 0.0171. The fourth-order valence-electron chi connectivity index (χ4n) is 4.92. The quantitative estimate of drug-likeness (QED) is 0.735. The zero-order chi connectivity index (χ0) is 16.2. The molecule has 1 spiro atoms. The van der Waals surface area contributed by atoms with Crippen LogP contribution in [0.4, 0.5) is 0 Å². The van der Waals surface area contributed by atoms with Crippen LogP contribution in [-0.2, 0) is 9.47 Å². The molecule has 2 aromatic rings. The predicted molar refractivity (Wildman–Crippen MR) is 93.3 cm³/mol. The molecule has 2 aromatic carbocycles. The normalized spacial score (nSPS) is 40.5. The van der Waals surface area contributed by atoms with Crippen molar-refractivity contribution in [1.29, 1.82) is 0 Å². The number of hydrogen-bond acceptors (Lipinski definition) is 2. The first-order chi connectivity index (χ1) is 11.7. The molecule has 2 saturated carbocycles. The summed E-state index contributed by atoms with van der Waals surface area (Å²) in [5.41, 5.74) is 2.87. The van der Waals surface area contributed by atoms with Crippen LogP contribution < -0.4 is 0 Å². The van der Waals surface area contributed by atoms with E-state index in [1.54, 1.807) is 0 Å². The Morgan fingerprint density at radius 3 is 1.88 bits per heavy atom. The van der Waals surface area contributed by atoms with E-state index >= 15 is 0 Å². The highest BCUT2D eigenvalue weighted by Crippen LogP contribution is 2.69. The Hall–Kier alpha value is -1.64. The van der Waals surface area contributed by atoms with Gasteiger partial charge in [-0.25, -0.2) is 0 Å². The molecule has 2 nitrogen and oxygen atoms in total. The lowest BCUT2D eigenvalue weighted by atomic mass is 9.86. The zero-order valence-corrected chi connectivity index (χ0v) is 14.2. The molecule has 3 aliphatic rings. The van der Waals surface area contributed by atoms with E-state index in [0.29, 0.717) is 11.3 Å². The molecule has 1 heterocycles. The number of hydrogen-bond donors (Lipinski definition) is 0. The Morgan fingerprint density at radius 1 is 0.792 bits per heavy atom. The van der Waals surface area contributed by atoms with Crippen LogP contribution in [0.25, 0.3) is 0 Å². The molecular formula is C22H24O2. The molecule has 0 bridgehead atoms. The van der Waals surface area contributed by atoms with E-state index in [0.717, 1.165) is 6.42 Å². The predicted octanol–water partition coefficient (Wildman–Crippen LogP) is 5.42. The van der Waals surface area contributed by atoms with Gasteiger partial charge < -0.3 is 9.47 Å². The van der Waals surface area contributed by atoms with Crippen LogP contribution in [0, 0.1) is 11.3 Å². The van der Waals surface area contributed by atoms with Crippen molar-refractivity contribution >= 4 is 0 Å². The lowest BCUT2D eigenvalue weighted by Crippen LogP contribution is -2.38. The van der Waals surface area contributed by atoms with Gasteiger partial charge in [0, 0.05) is 12.3 Å². The van der Waals surface area contributed by atoms with Crippen molar-refractivity contribution in [2.75, 3.05) is 0 Å². The van der Waals surface area contributed by atoms with E-state index in [2.05, 4.69) is 67.6 Å². The molecule has 4 atom stereocenters. The van der Waals surface area contributed by atoms with Crippen molar-refractivity contribution in [3.63, 3.8) is 0 Å². The summed E-state index contributed by atoms with van der Waals surface area (Å²) in [6, 6.07) is 21.1. The molecule has 0 amide bonds. The average molecular weight is 320 g/mol. The van der Waals surface area contributed by atoms with Gasteiger partial charge in [0.15, 0.2) is 5.79 Å². The van der Waals surface area contributed by atoms with Gasteiger partial charge in [-0.15, -0.1) is 0 Å². The number of rotatable bonds is 2. The van der Waals surface area contributed by atoms with Crippen molar-refractivity contribution in [3.8, 4) is 0 Å². The van der Waals surface area contributed by atoms with E-state index < -0.39 is 0 Å². The van der Waals surface area contributed by atoms with Gasteiger partial charge in [-0.05, 0) is 35.8 Å². The van der Waals surface area contributed by atoms with Crippen LogP contribution in [0.3, 0.4) is 0 Å². The molecule has 2 heteroatoms. The molecular weight excluding hydrogens is 296 g/mol. The number of fused-ring (bicyclic) bond motifs is 2. The first-order valence-corrected chi connectivity index (χ1v) is 9.16. The fourth-order valence-corrected chi connectivity index (χ4v) is 4.92. The lowest BCUT2D eigenvalue weighted by Gasteiger charge is -2.35. The van der Waals surface area contributed by atoms with E-state index in [4.69, 9.17) is 9.47 Å². The Kier molecular flexibility index (Phi) is 3.17. The summed E-state index contributed by atoms with van der Waals surface area (Å²) in [5.74, 6) is 0.173. The number of benzene rings is 2. The van der Waals surface area contributed by atoms with Gasteiger partial charge in [-0.1, -0.05) is 67.6 Å². The molecule has 2 unspecified atom stereocenters. The van der Waals surface area contributed by atoms with Gasteiger partial charge in [0.25, 0.3) is 0 Å². The summed E-state index contributed by atoms with van der Waals surface area (Å²) >= 11 is 0. The molecule has 24 heavy (non-hydrogen) atoms. The van der Waals surface area contributed by atoms with Crippen molar-refractivity contribution in [2.45, 2.75) is 50.6 Å². The van der Waals surface area contributed by atoms with Crippen LogP contribution in [0.1, 0.15) is 55.9 Å². The van der Waals surface area contributed by atoms with Crippen LogP contribution in [0.5, 0.6) is 0 Å². The highest BCUT2D eigenvalue weighted by atomic mass is 16.8. The van der Waals surface area contributed by atoms with Crippen LogP contribution >= 0.6 is 0 Å². The van der Waals surface area contributed by atoms with E-state index in [1.165, 1.54) is 30.4 Å². The van der Waals surface area contributed by atoms with Gasteiger partial charge in [0.2, 0.25) is 0 Å². The topological polar surface area (TPSA) is 18.5 Å². The van der Waals surface area contributed by atoms with Gasteiger partial charge in [0.05, 0.1) is 0 Å². The summed E-state index contributed by atoms with van der Waals surface area (Å²) in [7, 11) is 0. The summed E-state index contributed by atoms with van der Waals surface area (Å²) in [5, 5.41) is 0. The summed E-state index contributed by atoms with van der Waals surface area (Å²) in [6.45, 7) is 2.40. The Morgan fingerprint density at radius 2 is 1.33 bits per heavy atom. The van der Waals surface area contributed by atoms with Crippen LogP contribution in [-0.4, -0.2) is 5.79 Å². The highest BCUT2D eigenvalue weighted by molar-refractivity contribution is 5.28. The third kappa shape index (κ3) is 2.17. The summed E-state index contributed by atoms with van der Waals surface area (Å²) < 4.78 is 13.5. The van der Waals surface area contributed by atoms with Crippen LogP contribution in [0.15, 0.2) is 60.7 Å². The third-order valence-electron chi connectivity index (χ3n) is 6.34. The van der Waals surface area contributed by atoms with E-state index in [9.17, 15) is 0 Å². The molecule has 1 aliphatic heterocycles. The largest absolute Gasteiger partial charge is 0.339 e. The highest BCUT2D eigenvalue weighted by Gasteiger charge is 2.68. The minimum atomic E-state index is -0.381. The first-order valence-electron chi connectivity index (χ1n) is 9.16. The van der Waals surface area contributed by atoms with Gasteiger partial charge in [-0.2, -0.15) is 0 Å². The molecule has 124 valence electrons. The Bertz CT molecular complexity index is 679. The molecule has 3 fully saturated rings. The summed E-state index contributed by atoms with van der Waals surface area (Å²) in [6.07, 6.45) is 4.76. The van der Waals surface area contributed by atoms with E-state index in [-0.39, 0.29) is 18.0 Å². The Labute approximate surface area is 143 Å². The van der Waals surface area contributed by atoms with E-state index in [1.807, 2.05) is 0 Å². The van der Waals surface area contributed by atoms with Crippen LogP contribution in [0.2, 0.25) is 0 Å². The first kappa shape index (κ1) is 14.7. The second-order valence-corrected chi connectivity index (χ2v) is 7.97. The van der Waals surface area contributed by atoms with Gasteiger partial charge in [-0.3, -0.25) is 0 Å². The maximum Gasteiger partial charge on any atom is 0.173 e. The number of ether oxygens (including phenoxy) is 2. The van der Waals surface area contributed by atoms with Crippen molar-refractivity contribution < 1.29 is 9.47 Å². The minimum Gasteiger partial charge on any atom is -0.339 e. The average Bonchev–Trinajstić information content (AvgIpc) is 3.19. The molecule has 0 aromatic heterocycles. The summed E-state index contributed by atoms with van der Waals surface area (Å²) in [4.78, 5) is 0. The van der Waals surface area contributed by atoms with Crippen molar-refractivity contribution in [3.05, 3.63) is 71.8 Å².